The minimum Gasteiger partial charge on any atom is -0.306 e. The van der Waals surface area contributed by atoms with Crippen molar-refractivity contribution in [2.45, 2.75) is 51.1 Å². The van der Waals surface area contributed by atoms with Gasteiger partial charge < -0.3 is 5.32 Å². The average Bonchev–Trinajstić information content (AvgIpc) is 2.87. The van der Waals surface area contributed by atoms with Gasteiger partial charge in [0, 0.05) is 21.8 Å². The van der Waals surface area contributed by atoms with Gasteiger partial charge in [-0.05, 0) is 68.9 Å². The summed E-state index contributed by atoms with van der Waals surface area (Å²) in [4.78, 5) is 2.96. The van der Waals surface area contributed by atoms with Crippen LogP contribution in [0.3, 0.4) is 0 Å². The minimum atomic E-state index is 0.547. The predicted octanol–water partition coefficient (Wildman–Crippen LogP) is 3.72. The highest BCUT2D eigenvalue weighted by Gasteiger charge is 2.57. The highest BCUT2D eigenvalue weighted by molar-refractivity contribution is 7.11. The lowest BCUT2D eigenvalue weighted by Gasteiger charge is -2.34. The molecular formula is C15H21NS. The normalized spacial score (nSPS) is 42.5. The van der Waals surface area contributed by atoms with Crippen LogP contribution < -0.4 is 5.32 Å². The molecular weight excluding hydrogens is 226 g/mol. The Balaban J connectivity index is 1.49. The predicted molar refractivity (Wildman–Crippen MR) is 72.2 cm³/mol. The number of thiophene rings is 1. The van der Waals surface area contributed by atoms with Gasteiger partial charge in [0.05, 0.1) is 0 Å². The second-order valence-electron chi connectivity index (χ2n) is 6.57. The van der Waals surface area contributed by atoms with E-state index in [-0.39, 0.29) is 0 Å². The highest BCUT2D eigenvalue weighted by atomic mass is 32.1. The van der Waals surface area contributed by atoms with E-state index in [0.717, 1.165) is 24.3 Å². The zero-order valence-corrected chi connectivity index (χ0v) is 11.4. The molecule has 1 aromatic heterocycles. The number of hydrogen-bond donors (Lipinski definition) is 1. The maximum Gasteiger partial charge on any atom is 0.0305 e. The molecule has 4 fully saturated rings. The van der Waals surface area contributed by atoms with Crippen LogP contribution in [-0.4, -0.2) is 5.54 Å². The molecule has 2 unspecified atom stereocenters. The smallest absolute Gasteiger partial charge is 0.0305 e. The van der Waals surface area contributed by atoms with Crippen LogP contribution in [0.15, 0.2) is 12.1 Å². The first-order valence-corrected chi connectivity index (χ1v) is 7.85. The fraction of sp³-hybridized carbons (Fsp3) is 0.733. The monoisotopic (exact) mass is 247 g/mol. The third-order valence-electron chi connectivity index (χ3n) is 5.40. The molecule has 1 heterocycles. The molecule has 0 spiro atoms. The zero-order chi connectivity index (χ0) is 11.5. The van der Waals surface area contributed by atoms with Crippen LogP contribution in [0.25, 0.3) is 0 Å². The number of aryl methyl sites for hydroxylation is 1. The van der Waals surface area contributed by atoms with E-state index in [1.807, 2.05) is 11.3 Å². The third kappa shape index (κ3) is 1.61. The molecule has 0 aliphatic heterocycles. The summed E-state index contributed by atoms with van der Waals surface area (Å²) >= 11 is 1.95. The second-order valence-corrected chi connectivity index (χ2v) is 7.94. The molecule has 0 saturated heterocycles. The number of hydrogen-bond acceptors (Lipinski definition) is 2. The molecule has 4 aliphatic carbocycles. The molecule has 1 nitrogen and oxygen atoms in total. The largest absolute Gasteiger partial charge is 0.306 e. The second kappa shape index (κ2) is 3.58. The SMILES string of the molecule is Cc1ccc(CNC23CC4CC(CC2C4)C3)s1. The minimum absolute atomic E-state index is 0.547. The topological polar surface area (TPSA) is 12.0 Å². The Morgan fingerprint density at radius 2 is 2.00 bits per heavy atom. The van der Waals surface area contributed by atoms with Gasteiger partial charge in [-0.2, -0.15) is 0 Å². The molecule has 0 aromatic carbocycles. The van der Waals surface area contributed by atoms with Gasteiger partial charge in [0.15, 0.2) is 0 Å². The maximum absolute atomic E-state index is 3.96. The average molecular weight is 247 g/mol. The summed E-state index contributed by atoms with van der Waals surface area (Å²) in [5, 5.41) is 3.96. The Kier molecular flexibility index (Phi) is 2.23. The van der Waals surface area contributed by atoms with Gasteiger partial charge in [-0.25, -0.2) is 0 Å². The van der Waals surface area contributed by atoms with Crippen LogP contribution in [0.1, 0.15) is 41.9 Å². The quantitative estimate of drug-likeness (QED) is 0.858. The fourth-order valence-electron chi connectivity index (χ4n) is 4.93. The summed E-state index contributed by atoms with van der Waals surface area (Å²) in [6, 6.07) is 4.54. The molecule has 0 amide bonds. The molecule has 4 saturated carbocycles. The van der Waals surface area contributed by atoms with Crippen molar-refractivity contribution < 1.29 is 0 Å². The number of rotatable bonds is 3. The Morgan fingerprint density at radius 1 is 1.24 bits per heavy atom. The van der Waals surface area contributed by atoms with E-state index in [9.17, 15) is 0 Å². The first kappa shape index (κ1) is 10.6. The third-order valence-corrected chi connectivity index (χ3v) is 6.40. The van der Waals surface area contributed by atoms with E-state index in [1.165, 1.54) is 41.9 Å². The van der Waals surface area contributed by atoms with E-state index in [4.69, 9.17) is 0 Å². The molecule has 1 N–H and O–H groups in total. The highest BCUT2D eigenvalue weighted by Crippen LogP contribution is 2.60. The summed E-state index contributed by atoms with van der Waals surface area (Å²) in [7, 11) is 0. The fourth-order valence-corrected chi connectivity index (χ4v) is 5.76. The summed E-state index contributed by atoms with van der Waals surface area (Å²) in [5.74, 6) is 3.13. The van der Waals surface area contributed by atoms with Gasteiger partial charge in [-0.3, -0.25) is 0 Å². The van der Waals surface area contributed by atoms with Crippen LogP contribution >= 0.6 is 11.3 Å². The lowest BCUT2D eigenvalue weighted by Crippen LogP contribution is -2.45. The van der Waals surface area contributed by atoms with Gasteiger partial charge in [0.2, 0.25) is 0 Å². The zero-order valence-electron chi connectivity index (χ0n) is 10.5. The lowest BCUT2D eigenvalue weighted by molar-refractivity contribution is 0.233. The van der Waals surface area contributed by atoms with Crippen LogP contribution in [0, 0.1) is 24.7 Å². The lowest BCUT2D eigenvalue weighted by atomic mass is 9.80. The van der Waals surface area contributed by atoms with Crippen molar-refractivity contribution in [3.63, 3.8) is 0 Å². The van der Waals surface area contributed by atoms with Crippen LogP contribution in [-0.2, 0) is 6.54 Å². The van der Waals surface area contributed by atoms with Crippen LogP contribution in [0.2, 0.25) is 0 Å². The Morgan fingerprint density at radius 3 is 2.65 bits per heavy atom. The Bertz CT molecular complexity index is 422. The molecule has 92 valence electrons. The summed E-state index contributed by atoms with van der Waals surface area (Å²) in [6.07, 6.45) is 7.52. The van der Waals surface area contributed by atoms with Gasteiger partial charge in [0.1, 0.15) is 0 Å². The maximum atomic E-state index is 3.96. The van der Waals surface area contributed by atoms with E-state index in [1.54, 1.807) is 0 Å². The summed E-state index contributed by atoms with van der Waals surface area (Å²) in [5.41, 5.74) is 0.547. The summed E-state index contributed by atoms with van der Waals surface area (Å²) < 4.78 is 0. The van der Waals surface area contributed by atoms with Gasteiger partial charge >= 0.3 is 0 Å². The molecule has 0 radical (unpaired) electrons. The van der Waals surface area contributed by atoms with E-state index in [2.05, 4.69) is 24.4 Å². The Labute approximate surface area is 108 Å². The van der Waals surface area contributed by atoms with Crippen molar-refractivity contribution >= 4 is 11.3 Å². The van der Waals surface area contributed by atoms with Crippen molar-refractivity contribution in [1.82, 2.24) is 5.32 Å². The van der Waals surface area contributed by atoms with Gasteiger partial charge in [-0.1, -0.05) is 0 Å². The Hall–Kier alpha value is -0.340. The van der Waals surface area contributed by atoms with E-state index in [0.29, 0.717) is 5.54 Å². The molecule has 2 heteroatoms. The first-order chi connectivity index (χ1) is 8.23. The van der Waals surface area contributed by atoms with Gasteiger partial charge in [0.25, 0.3) is 0 Å². The van der Waals surface area contributed by atoms with Crippen LogP contribution in [0.5, 0.6) is 0 Å². The molecule has 4 aliphatic rings. The molecule has 1 aromatic rings. The summed E-state index contributed by atoms with van der Waals surface area (Å²) in [6.45, 7) is 3.31. The molecule has 2 atom stereocenters. The van der Waals surface area contributed by atoms with Crippen molar-refractivity contribution in [3.05, 3.63) is 21.9 Å². The van der Waals surface area contributed by atoms with Crippen molar-refractivity contribution in [2.24, 2.45) is 17.8 Å². The molecule has 4 bridgehead atoms. The van der Waals surface area contributed by atoms with Crippen molar-refractivity contribution in [2.75, 3.05) is 0 Å². The first-order valence-electron chi connectivity index (χ1n) is 7.04. The van der Waals surface area contributed by atoms with Crippen molar-refractivity contribution in [1.29, 1.82) is 0 Å². The van der Waals surface area contributed by atoms with Crippen molar-refractivity contribution in [3.8, 4) is 0 Å². The van der Waals surface area contributed by atoms with E-state index >= 15 is 0 Å². The number of nitrogens with one attached hydrogen (secondary N) is 1. The van der Waals surface area contributed by atoms with E-state index < -0.39 is 0 Å². The molecule has 17 heavy (non-hydrogen) atoms. The van der Waals surface area contributed by atoms with Crippen LogP contribution in [0.4, 0.5) is 0 Å². The molecule has 5 rings (SSSR count). The standard InChI is InChI=1S/C15H21NS/c1-10-2-3-14(17-10)9-16-15-7-11-4-12(8-15)6-13(15)5-11/h2-3,11-13,16H,4-9H2,1H3. The van der Waals surface area contributed by atoms with Gasteiger partial charge in [-0.15, -0.1) is 11.3 Å².